The van der Waals surface area contributed by atoms with E-state index in [0.29, 0.717) is 18.5 Å². The van der Waals surface area contributed by atoms with E-state index in [0.717, 1.165) is 11.3 Å². The third-order valence-corrected chi connectivity index (χ3v) is 4.39. The van der Waals surface area contributed by atoms with E-state index in [2.05, 4.69) is 10.1 Å². The van der Waals surface area contributed by atoms with Gasteiger partial charge in [-0.05, 0) is 44.0 Å². The number of hydrogen-bond donors (Lipinski definition) is 1. The Labute approximate surface area is 133 Å². The van der Waals surface area contributed by atoms with Crippen LogP contribution in [0.25, 0.3) is 5.69 Å². The number of benzene rings is 1. The number of amides is 1. The van der Waals surface area contributed by atoms with Crippen LogP contribution in [0.1, 0.15) is 29.3 Å². The minimum atomic E-state index is -0.856. The van der Waals surface area contributed by atoms with E-state index in [1.165, 1.54) is 6.33 Å². The fraction of sp³-hybridized carbons (Fsp3) is 0.375. The Bertz CT molecular complexity index is 757. The van der Waals surface area contributed by atoms with Crippen molar-refractivity contribution in [2.45, 2.75) is 20.3 Å². The normalized spacial score (nSPS) is 20.7. The van der Waals surface area contributed by atoms with Crippen molar-refractivity contribution in [3.05, 3.63) is 42.0 Å². The summed E-state index contributed by atoms with van der Waals surface area (Å²) in [6.07, 6.45) is 3.53. The number of carboxylic acid groups (broad SMARTS) is 1. The van der Waals surface area contributed by atoms with Crippen LogP contribution in [-0.4, -0.2) is 49.7 Å². The molecule has 0 aliphatic carbocycles. The average Bonchev–Trinajstić information content (AvgIpc) is 3.17. The number of carbonyl (C=O) groups is 2. The maximum absolute atomic E-state index is 12.6. The van der Waals surface area contributed by atoms with Gasteiger partial charge in [0.2, 0.25) is 0 Å². The molecule has 120 valence electrons. The summed E-state index contributed by atoms with van der Waals surface area (Å²) in [7, 11) is 0. The van der Waals surface area contributed by atoms with Crippen LogP contribution in [0.4, 0.5) is 0 Å². The second-order valence-electron chi connectivity index (χ2n) is 6.18. The molecule has 1 saturated heterocycles. The highest BCUT2D eigenvalue weighted by Gasteiger charge is 2.42. The first kappa shape index (κ1) is 15.2. The quantitative estimate of drug-likeness (QED) is 0.928. The van der Waals surface area contributed by atoms with Crippen LogP contribution < -0.4 is 0 Å². The molecule has 0 bridgehead atoms. The average molecular weight is 314 g/mol. The number of carboxylic acids is 1. The van der Waals surface area contributed by atoms with Crippen molar-refractivity contribution in [2.24, 2.45) is 5.41 Å². The molecule has 1 aromatic heterocycles. The Balaban J connectivity index is 1.82. The van der Waals surface area contributed by atoms with Crippen molar-refractivity contribution in [3.8, 4) is 5.69 Å². The zero-order valence-corrected chi connectivity index (χ0v) is 13.1. The van der Waals surface area contributed by atoms with E-state index in [9.17, 15) is 14.7 Å². The standard InChI is InChI=1S/C16H18N4O3/c1-11-7-12(3-4-13(11)20-10-17-9-18-20)14(21)19-6-5-16(2,8-19)15(22)23/h3-4,7,9-10H,5-6,8H2,1-2H3,(H,22,23)/t16-/m0/s1. The zero-order chi connectivity index (χ0) is 16.6. The highest BCUT2D eigenvalue weighted by molar-refractivity contribution is 5.95. The molecular weight excluding hydrogens is 296 g/mol. The van der Waals surface area contributed by atoms with Gasteiger partial charge in [0.05, 0.1) is 11.1 Å². The van der Waals surface area contributed by atoms with Crippen molar-refractivity contribution in [2.75, 3.05) is 13.1 Å². The van der Waals surface area contributed by atoms with E-state index >= 15 is 0 Å². The summed E-state index contributed by atoms with van der Waals surface area (Å²) in [5.74, 6) is -0.992. The topological polar surface area (TPSA) is 88.3 Å². The SMILES string of the molecule is Cc1cc(C(=O)N2CC[C@](C)(C(=O)O)C2)ccc1-n1cncn1. The number of aliphatic carboxylic acids is 1. The van der Waals surface area contributed by atoms with Gasteiger partial charge in [0.1, 0.15) is 12.7 Å². The molecule has 1 fully saturated rings. The van der Waals surface area contributed by atoms with Gasteiger partial charge < -0.3 is 10.0 Å². The van der Waals surface area contributed by atoms with E-state index in [-0.39, 0.29) is 12.5 Å². The van der Waals surface area contributed by atoms with Crippen LogP contribution in [0.5, 0.6) is 0 Å². The van der Waals surface area contributed by atoms with Crippen LogP contribution in [0.2, 0.25) is 0 Å². The van der Waals surface area contributed by atoms with E-state index < -0.39 is 11.4 Å². The number of nitrogens with zero attached hydrogens (tertiary/aromatic N) is 4. The van der Waals surface area contributed by atoms with Crippen molar-refractivity contribution in [3.63, 3.8) is 0 Å². The van der Waals surface area contributed by atoms with Crippen molar-refractivity contribution >= 4 is 11.9 Å². The molecule has 0 saturated carbocycles. The van der Waals surface area contributed by atoms with Gasteiger partial charge >= 0.3 is 5.97 Å². The highest BCUT2D eigenvalue weighted by atomic mass is 16.4. The summed E-state index contributed by atoms with van der Waals surface area (Å²) < 4.78 is 1.64. The molecule has 2 aromatic rings. The number of rotatable bonds is 3. The number of aryl methyl sites for hydroxylation is 1. The molecule has 0 unspecified atom stereocenters. The third-order valence-electron chi connectivity index (χ3n) is 4.39. The molecule has 7 nitrogen and oxygen atoms in total. The van der Waals surface area contributed by atoms with Crippen LogP contribution >= 0.6 is 0 Å². The van der Waals surface area contributed by atoms with Gasteiger partial charge in [0.15, 0.2) is 0 Å². The summed E-state index contributed by atoms with van der Waals surface area (Å²) in [5, 5.41) is 13.4. The lowest BCUT2D eigenvalue weighted by Gasteiger charge is -2.20. The summed E-state index contributed by atoms with van der Waals surface area (Å²) in [5.41, 5.74) is 1.46. The summed E-state index contributed by atoms with van der Waals surface area (Å²) in [4.78, 5) is 29.4. The number of carbonyl (C=O) groups excluding carboxylic acids is 1. The third kappa shape index (κ3) is 2.69. The van der Waals surface area contributed by atoms with Gasteiger partial charge in [0, 0.05) is 18.7 Å². The zero-order valence-electron chi connectivity index (χ0n) is 13.1. The van der Waals surface area contributed by atoms with Crippen LogP contribution in [-0.2, 0) is 4.79 Å². The van der Waals surface area contributed by atoms with Crippen molar-refractivity contribution in [1.82, 2.24) is 19.7 Å². The van der Waals surface area contributed by atoms with Crippen molar-refractivity contribution < 1.29 is 14.7 Å². The fourth-order valence-corrected chi connectivity index (χ4v) is 2.87. The molecular formula is C16H18N4O3. The van der Waals surface area contributed by atoms with Gasteiger partial charge in [-0.2, -0.15) is 5.10 Å². The molecule has 7 heteroatoms. The van der Waals surface area contributed by atoms with Gasteiger partial charge in [-0.15, -0.1) is 0 Å². The molecule has 1 aliphatic heterocycles. The molecule has 1 aromatic carbocycles. The maximum atomic E-state index is 12.6. The van der Waals surface area contributed by atoms with Crippen LogP contribution in [0, 0.1) is 12.3 Å². The predicted octanol–water partition coefficient (Wildman–Crippen LogP) is 1.51. The number of hydrogen-bond acceptors (Lipinski definition) is 4. The Kier molecular flexibility index (Phi) is 3.63. The number of likely N-dealkylation sites (tertiary alicyclic amines) is 1. The minimum absolute atomic E-state index is 0.136. The molecule has 2 heterocycles. The molecule has 1 aliphatic rings. The highest BCUT2D eigenvalue weighted by Crippen LogP contribution is 2.31. The first-order valence-corrected chi connectivity index (χ1v) is 7.39. The summed E-state index contributed by atoms with van der Waals surface area (Å²) >= 11 is 0. The Hall–Kier alpha value is -2.70. The van der Waals surface area contributed by atoms with Crippen LogP contribution in [0.3, 0.4) is 0 Å². The van der Waals surface area contributed by atoms with Crippen molar-refractivity contribution in [1.29, 1.82) is 0 Å². The Morgan fingerprint density at radius 3 is 2.70 bits per heavy atom. The van der Waals surface area contributed by atoms with Crippen LogP contribution in [0.15, 0.2) is 30.9 Å². The molecule has 0 spiro atoms. The first-order valence-electron chi connectivity index (χ1n) is 7.39. The number of aromatic nitrogens is 3. The lowest BCUT2D eigenvalue weighted by atomic mass is 9.90. The maximum Gasteiger partial charge on any atom is 0.311 e. The minimum Gasteiger partial charge on any atom is -0.481 e. The van der Waals surface area contributed by atoms with Gasteiger partial charge in [-0.1, -0.05) is 0 Å². The second kappa shape index (κ2) is 5.49. The molecule has 23 heavy (non-hydrogen) atoms. The predicted molar refractivity (Wildman–Crippen MR) is 82.4 cm³/mol. The Morgan fingerprint density at radius 2 is 2.13 bits per heavy atom. The van der Waals surface area contributed by atoms with Gasteiger partial charge in [-0.3, -0.25) is 9.59 Å². The summed E-state index contributed by atoms with van der Waals surface area (Å²) in [6.45, 7) is 4.29. The second-order valence-corrected chi connectivity index (χ2v) is 6.18. The van der Waals surface area contributed by atoms with E-state index in [1.54, 1.807) is 35.0 Å². The largest absolute Gasteiger partial charge is 0.481 e. The first-order chi connectivity index (χ1) is 10.9. The molecule has 3 rings (SSSR count). The molecule has 1 atom stereocenters. The van der Waals surface area contributed by atoms with Gasteiger partial charge in [0.25, 0.3) is 5.91 Å². The fourth-order valence-electron chi connectivity index (χ4n) is 2.87. The molecule has 1 amide bonds. The monoisotopic (exact) mass is 314 g/mol. The Morgan fingerprint density at radius 1 is 1.35 bits per heavy atom. The smallest absolute Gasteiger partial charge is 0.311 e. The van der Waals surface area contributed by atoms with Gasteiger partial charge in [-0.25, -0.2) is 9.67 Å². The lowest BCUT2D eigenvalue weighted by molar-refractivity contribution is -0.147. The molecule has 1 N–H and O–H groups in total. The summed E-state index contributed by atoms with van der Waals surface area (Å²) in [6, 6.07) is 5.36. The molecule has 0 radical (unpaired) electrons. The van der Waals surface area contributed by atoms with E-state index in [1.807, 2.05) is 13.0 Å². The van der Waals surface area contributed by atoms with E-state index in [4.69, 9.17) is 0 Å². The lowest BCUT2D eigenvalue weighted by Crippen LogP contribution is -2.34.